The molecule has 4 aliphatic heterocycles. The van der Waals surface area contributed by atoms with Crippen LogP contribution in [0.1, 0.15) is 74.8 Å². The summed E-state index contributed by atoms with van der Waals surface area (Å²) in [5.74, 6) is 1.19. The molecule has 10 rings (SSSR count). The number of rotatable bonds is 10. The minimum atomic E-state index is -0.403. The van der Waals surface area contributed by atoms with E-state index < -0.39 is 6.61 Å². The molecule has 2 fully saturated rings. The Balaban J connectivity index is 0.858. The van der Waals surface area contributed by atoms with Crippen LogP contribution in [0.3, 0.4) is 0 Å². The molecule has 8 heterocycles. The van der Waals surface area contributed by atoms with Crippen LogP contribution in [0.15, 0.2) is 72.4 Å². The zero-order valence-electron chi connectivity index (χ0n) is 39.8. The van der Waals surface area contributed by atoms with Gasteiger partial charge in [-0.1, -0.05) is 20.4 Å². The number of benzene rings is 1. The van der Waals surface area contributed by atoms with Gasteiger partial charge in [0.25, 0.3) is 17.3 Å². The Bertz CT molecular complexity index is 2870. The van der Waals surface area contributed by atoms with Gasteiger partial charge in [-0.15, -0.1) is 0 Å². The van der Waals surface area contributed by atoms with Crippen LogP contribution in [0.5, 0.6) is 11.6 Å². The number of hydrogen-bond donors (Lipinski definition) is 3. The number of fused-ring (bicyclic) bond motifs is 4. The van der Waals surface area contributed by atoms with Gasteiger partial charge in [-0.2, -0.15) is 0 Å². The van der Waals surface area contributed by atoms with Gasteiger partial charge in [-0.25, -0.2) is 15.0 Å². The first-order valence-corrected chi connectivity index (χ1v) is 23.8. The highest BCUT2D eigenvalue weighted by atomic mass is 16.6. The number of hydrogen-bond acceptors (Lipinski definition) is 13. The molecule has 0 spiro atoms. The second-order valence-corrected chi connectivity index (χ2v) is 19.8. The van der Waals surface area contributed by atoms with Crippen LogP contribution in [0.2, 0.25) is 0 Å². The molecule has 17 heteroatoms. The number of pyridine rings is 2. The highest BCUT2D eigenvalue weighted by Crippen LogP contribution is 2.43. The van der Waals surface area contributed by atoms with Crippen LogP contribution in [-0.2, 0) is 37.8 Å². The van der Waals surface area contributed by atoms with Crippen molar-refractivity contribution in [2.24, 2.45) is 12.5 Å². The number of nitrogens with zero attached hydrogens (tertiary/aromatic N) is 9. The molecule has 0 radical (unpaired) electrons. The highest BCUT2D eigenvalue weighted by molar-refractivity contribution is 6.06. The number of nitrogens with one attached hydrogen (secondary N) is 2. The number of aliphatic hydroxyl groups is 1. The number of carbonyl (C=O) groups is 2. The Morgan fingerprint density at radius 2 is 1.78 bits per heavy atom. The molecule has 0 saturated carbocycles. The fraction of sp³-hybridized carbons (Fsp3) is 0.451. The third-order valence-corrected chi connectivity index (χ3v) is 14.4. The summed E-state index contributed by atoms with van der Waals surface area (Å²) in [6.45, 7) is 19.2. The van der Waals surface area contributed by atoms with Crippen molar-refractivity contribution < 1.29 is 24.2 Å². The molecule has 68 heavy (non-hydrogen) atoms. The van der Waals surface area contributed by atoms with Gasteiger partial charge in [0.2, 0.25) is 11.7 Å². The molecule has 3 N–H and O–H groups in total. The van der Waals surface area contributed by atoms with Gasteiger partial charge >= 0.3 is 0 Å². The normalized spacial score (nSPS) is 22.2. The summed E-state index contributed by atoms with van der Waals surface area (Å²) < 4.78 is 15.7. The van der Waals surface area contributed by atoms with E-state index in [1.54, 1.807) is 36.6 Å². The lowest BCUT2D eigenvalue weighted by molar-refractivity contribution is -0.111. The fourth-order valence-corrected chi connectivity index (χ4v) is 11.1. The van der Waals surface area contributed by atoms with Gasteiger partial charge in [-0.05, 0) is 99.9 Å². The monoisotopic (exact) mass is 923 g/mol. The van der Waals surface area contributed by atoms with E-state index in [1.165, 1.54) is 21.9 Å². The molecule has 2 amide bonds. The van der Waals surface area contributed by atoms with Crippen LogP contribution in [0, 0.1) is 5.41 Å². The number of piperidine rings is 1. The molecule has 1 unspecified atom stereocenters. The van der Waals surface area contributed by atoms with E-state index in [0.29, 0.717) is 71.3 Å². The maximum atomic E-state index is 14.1. The quantitative estimate of drug-likeness (QED) is 0.141. The molecular formula is C51H61N11O6. The van der Waals surface area contributed by atoms with E-state index in [-0.39, 0.29) is 46.8 Å². The molecule has 4 atom stereocenters. The second kappa shape index (κ2) is 17.7. The van der Waals surface area contributed by atoms with Crippen LogP contribution in [0.4, 0.5) is 34.4 Å². The maximum Gasteiger partial charge on any atom is 0.293 e. The molecule has 2 saturated heterocycles. The lowest BCUT2D eigenvalue weighted by Crippen LogP contribution is -2.58. The highest BCUT2D eigenvalue weighted by Gasteiger charge is 2.39. The van der Waals surface area contributed by atoms with Crippen molar-refractivity contribution in [2.45, 2.75) is 97.7 Å². The summed E-state index contributed by atoms with van der Waals surface area (Å²) in [6, 6.07) is 12.3. The first kappa shape index (κ1) is 45.1. The van der Waals surface area contributed by atoms with Gasteiger partial charge in [-0.3, -0.25) is 24.2 Å². The topological polar surface area (TPSA) is 175 Å². The predicted molar refractivity (Wildman–Crippen MR) is 263 cm³/mol. The molecule has 5 aliphatic rings. The molecule has 17 nitrogen and oxygen atoms in total. The van der Waals surface area contributed by atoms with E-state index in [1.807, 2.05) is 37.3 Å². The Kier molecular flexibility index (Phi) is 11.8. The van der Waals surface area contributed by atoms with E-state index in [2.05, 4.69) is 74.1 Å². The van der Waals surface area contributed by atoms with E-state index in [0.717, 1.165) is 69.0 Å². The fourth-order valence-electron chi connectivity index (χ4n) is 11.1. The molecule has 5 aromatic rings. The number of amides is 2. The van der Waals surface area contributed by atoms with Crippen LogP contribution in [0.25, 0.3) is 11.3 Å². The average molecular weight is 924 g/mol. The zero-order valence-corrected chi connectivity index (χ0v) is 39.8. The Morgan fingerprint density at radius 3 is 2.56 bits per heavy atom. The van der Waals surface area contributed by atoms with Crippen LogP contribution >= 0.6 is 0 Å². The molecule has 356 valence electrons. The Hall–Kier alpha value is -6.72. The summed E-state index contributed by atoms with van der Waals surface area (Å²) in [5, 5.41) is 17.1. The van der Waals surface area contributed by atoms with Crippen LogP contribution < -0.4 is 40.4 Å². The minimum Gasteiger partial charge on any atom is -0.482 e. The van der Waals surface area contributed by atoms with Crippen molar-refractivity contribution in [3.8, 4) is 22.9 Å². The maximum absolute atomic E-state index is 14.1. The molecule has 0 bridgehead atoms. The van der Waals surface area contributed by atoms with Gasteiger partial charge < -0.3 is 44.1 Å². The standard InChI is InChI=1S/C51H61N11O6/c1-8-44(64)55-38-23-34(9-10-40(38)60-18-17-58(26-31(60)3)35-13-16-59(30(2)21-35)41-12-15-53-48-45(41)67-29-32(4)68-48)54-46-50(66)57(7)27-39(56-46)36-11-14-52-47(37(36)28-63)62-20-19-61-42(49(62)65)22-33-24-51(5,6)25-43(33)61/h8-12,14-15,22-23,27,30-32,35,63H,1,13,16-21,24-26,28-29H2,2-7H3,(H,54,56)(H,55,64)/t30-,31+,32-,35?/m1/s1. The zero-order chi connectivity index (χ0) is 47.6. The summed E-state index contributed by atoms with van der Waals surface area (Å²) >= 11 is 0. The average Bonchev–Trinajstić information content (AvgIpc) is 3.82. The van der Waals surface area contributed by atoms with E-state index in [9.17, 15) is 19.5 Å². The van der Waals surface area contributed by atoms with Crippen molar-refractivity contribution in [3.63, 3.8) is 0 Å². The van der Waals surface area contributed by atoms with Gasteiger partial charge in [0.05, 0.1) is 29.4 Å². The number of ether oxygens (including phenoxy) is 2. The van der Waals surface area contributed by atoms with Crippen LogP contribution in [-0.4, -0.2) is 109 Å². The summed E-state index contributed by atoms with van der Waals surface area (Å²) in [7, 11) is 1.64. The van der Waals surface area contributed by atoms with Crippen molar-refractivity contribution in [2.75, 3.05) is 64.7 Å². The molecular weight excluding hydrogens is 863 g/mol. The van der Waals surface area contributed by atoms with Crippen molar-refractivity contribution in [1.29, 1.82) is 0 Å². The lowest BCUT2D eigenvalue weighted by atomic mass is 9.90. The Labute approximate surface area is 396 Å². The number of aliphatic hydroxyl groups excluding tert-OH is 1. The number of anilines is 6. The van der Waals surface area contributed by atoms with E-state index in [4.69, 9.17) is 14.5 Å². The smallest absolute Gasteiger partial charge is 0.293 e. The van der Waals surface area contributed by atoms with Crippen molar-refractivity contribution in [3.05, 3.63) is 101 Å². The predicted octanol–water partition coefficient (Wildman–Crippen LogP) is 5.91. The minimum absolute atomic E-state index is 0.0328. The van der Waals surface area contributed by atoms with Crippen molar-refractivity contribution >= 4 is 46.2 Å². The molecule has 4 aromatic heterocycles. The third-order valence-electron chi connectivity index (χ3n) is 14.4. The lowest BCUT2D eigenvalue weighted by Gasteiger charge is -2.48. The summed E-state index contributed by atoms with van der Waals surface area (Å²) in [5.41, 5.74) is 7.28. The first-order chi connectivity index (χ1) is 32.7. The number of aryl methyl sites for hydroxylation is 1. The van der Waals surface area contributed by atoms with E-state index >= 15 is 0 Å². The number of aromatic nitrogens is 5. The van der Waals surface area contributed by atoms with Crippen molar-refractivity contribution in [1.82, 2.24) is 29.0 Å². The number of piperazine rings is 1. The summed E-state index contributed by atoms with van der Waals surface area (Å²) in [6.07, 6.45) is 10.1. The molecule has 1 aromatic carbocycles. The second-order valence-electron chi connectivity index (χ2n) is 19.8. The number of carbonyl (C=O) groups excluding carboxylic acids is 2. The third kappa shape index (κ3) is 8.24. The van der Waals surface area contributed by atoms with Gasteiger partial charge in [0.15, 0.2) is 5.82 Å². The SMILES string of the molecule is C=CC(=O)Nc1cc(Nc2nc(-c3ccnc(N4CCn5c(cc6c5CC(C)(C)C6)C4=O)c3CO)cn(C)c2=O)ccc1N1CCN(C2CCN(c3ccnc4c3OC[C@@H](C)O4)[C@H](C)C2)C[C@@H]1C. The largest absolute Gasteiger partial charge is 0.482 e. The summed E-state index contributed by atoms with van der Waals surface area (Å²) in [4.78, 5) is 63.5. The molecule has 1 aliphatic carbocycles. The first-order valence-electron chi connectivity index (χ1n) is 23.8. The van der Waals surface area contributed by atoms with Gasteiger partial charge in [0.1, 0.15) is 24.2 Å². The Morgan fingerprint density at radius 1 is 0.971 bits per heavy atom. The van der Waals surface area contributed by atoms with Gasteiger partial charge in [0, 0.05) is 106 Å².